The van der Waals surface area contributed by atoms with Gasteiger partial charge in [0.05, 0.1) is 13.2 Å². The zero-order valence-corrected chi connectivity index (χ0v) is 13.9. The van der Waals surface area contributed by atoms with Gasteiger partial charge in [0, 0.05) is 38.0 Å². The third-order valence-corrected chi connectivity index (χ3v) is 6.53. The highest BCUT2D eigenvalue weighted by Crippen LogP contribution is 2.49. The Hall–Kier alpha value is -1.10. The molecule has 2 aliphatic carbocycles. The Bertz CT molecular complexity index is 467. The number of hydrogen-bond donors (Lipinski definition) is 0. The number of carbonyl (C=O) groups is 2. The molecule has 2 bridgehead atoms. The van der Waals surface area contributed by atoms with Crippen molar-refractivity contribution in [3.63, 3.8) is 0 Å². The summed E-state index contributed by atoms with van der Waals surface area (Å²) in [6.07, 6.45) is 6.67. The van der Waals surface area contributed by atoms with Crippen molar-refractivity contribution in [2.45, 2.75) is 38.5 Å². The average molecular weight is 320 g/mol. The first-order chi connectivity index (χ1) is 11.2. The number of piperidine rings is 1. The molecule has 2 heterocycles. The van der Waals surface area contributed by atoms with Gasteiger partial charge in [-0.1, -0.05) is 6.42 Å². The summed E-state index contributed by atoms with van der Waals surface area (Å²) in [5, 5.41) is 0. The fraction of sp³-hybridized carbons (Fsp3) is 0.889. The highest BCUT2D eigenvalue weighted by Gasteiger charge is 2.45. The number of nitrogens with zero attached hydrogens (tertiary/aromatic N) is 2. The molecule has 4 rings (SSSR count). The van der Waals surface area contributed by atoms with Crippen LogP contribution in [-0.4, -0.2) is 61.0 Å². The van der Waals surface area contributed by atoms with Gasteiger partial charge in [-0.2, -0.15) is 0 Å². The molecule has 0 aromatic rings. The smallest absolute Gasteiger partial charge is 0.225 e. The van der Waals surface area contributed by atoms with Crippen LogP contribution in [0, 0.1) is 23.7 Å². The van der Waals surface area contributed by atoms with Crippen molar-refractivity contribution in [3.8, 4) is 0 Å². The minimum atomic E-state index is 0.108. The molecule has 0 aromatic heterocycles. The van der Waals surface area contributed by atoms with Crippen LogP contribution < -0.4 is 0 Å². The lowest BCUT2D eigenvalue weighted by atomic mass is 9.86. The lowest BCUT2D eigenvalue weighted by Crippen LogP contribution is -2.48. The SMILES string of the molecule is O=C(C1CCN(C(=O)C2CC3CCC2C3)CC1)N1CCOCC1. The summed E-state index contributed by atoms with van der Waals surface area (Å²) in [4.78, 5) is 29.3. The minimum absolute atomic E-state index is 0.108. The molecule has 23 heavy (non-hydrogen) atoms. The fourth-order valence-electron chi connectivity index (χ4n) is 5.17. The molecule has 3 atom stereocenters. The van der Waals surface area contributed by atoms with E-state index in [9.17, 15) is 9.59 Å². The van der Waals surface area contributed by atoms with Crippen LogP contribution in [0.25, 0.3) is 0 Å². The highest BCUT2D eigenvalue weighted by atomic mass is 16.5. The highest BCUT2D eigenvalue weighted by molar-refractivity contribution is 5.81. The second-order valence-corrected chi connectivity index (χ2v) is 7.82. The second-order valence-electron chi connectivity index (χ2n) is 7.82. The Morgan fingerprint density at radius 1 is 0.783 bits per heavy atom. The quantitative estimate of drug-likeness (QED) is 0.775. The molecule has 2 aliphatic heterocycles. The van der Waals surface area contributed by atoms with Gasteiger partial charge in [0.2, 0.25) is 11.8 Å². The van der Waals surface area contributed by atoms with Crippen LogP contribution in [-0.2, 0) is 14.3 Å². The monoisotopic (exact) mass is 320 g/mol. The van der Waals surface area contributed by atoms with Crippen molar-refractivity contribution in [1.82, 2.24) is 9.80 Å². The molecule has 4 aliphatic rings. The van der Waals surface area contributed by atoms with Gasteiger partial charge in [0.15, 0.2) is 0 Å². The number of amides is 2. The van der Waals surface area contributed by atoms with Crippen molar-refractivity contribution in [3.05, 3.63) is 0 Å². The summed E-state index contributed by atoms with van der Waals surface area (Å²) < 4.78 is 5.32. The molecule has 5 heteroatoms. The first-order valence-corrected chi connectivity index (χ1v) is 9.37. The van der Waals surface area contributed by atoms with Crippen molar-refractivity contribution in [2.75, 3.05) is 39.4 Å². The maximum atomic E-state index is 12.8. The van der Waals surface area contributed by atoms with E-state index in [1.807, 2.05) is 4.90 Å². The van der Waals surface area contributed by atoms with Crippen LogP contribution in [0.3, 0.4) is 0 Å². The van der Waals surface area contributed by atoms with E-state index < -0.39 is 0 Å². The number of likely N-dealkylation sites (tertiary alicyclic amines) is 1. The van der Waals surface area contributed by atoms with E-state index in [0.717, 1.165) is 51.4 Å². The maximum absolute atomic E-state index is 12.8. The van der Waals surface area contributed by atoms with Gasteiger partial charge >= 0.3 is 0 Å². The standard InChI is InChI=1S/C18H28N2O3/c21-17(20-7-9-23-10-8-20)14-3-5-19(6-4-14)18(22)16-12-13-1-2-15(16)11-13/h13-16H,1-12H2. The van der Waals surface area contributed by atoms with Crippen LogP contribution in [0.4, 0.5) is 0 Å². The minimum Gasteiger partial charge on any atom is -0.378 e. The molecule has 2 amide bonds. The molecular formula is C18H28N2O3. The van der Waals surface area contributed by atoms with Crippen LogP contribution >= 0.6 is 0 Å². The van der Waals surface area contributed by atoms with Crippen LogP contribution in [0.15, 0.2) is 0 Å². The van der Waals surface area contributed by atoms with Gasteiger partial charge in [-0.15, -0.1) is 0 Å². The number of carbonyl (C=O) groups excluding carboxylic acids is 2. The number of rotatable bonds is 2. The fourth-order valence-corrected chi connectivity index (χ4v) is 5.17. The third-order valence-electron chi connectivity index (χ3n) is 6.53. The van der Waals surface area contributed by atoms with E-state index >= 15 is 0 Å². The molecule has 3 unspecified atom stereocenters. The number of hydrogen-bond acceptors (Lipinski definition) is 3. The van der Waals surface area contributed by atoms with E-state index in [2.05, 4.69) is 4.90 Å². The number of fused-ring (bicyclic) bond motifs is 2. The first kappa shape index (κ1) is 15.4. The first-order valence-electron chi connectivity index (χ1n) is 9.37. The molecular weight excluding hydrogens is 292 g/mol. The van der Waals surface area contributed by atoms with Crippen molar-refractivity contribution in [2.24, 2.45) is 23.7 Å². The van der Waals surface area contributed by atoms with E-state index in [1.54, 1.807) is 0 Å². The maximum Gasteiger partial charge on any atom is 0.225 e. The lowest BCUT2D eigenvalue weighted by molar-refractivity contribution is -0.145. The predicted octanol–water partition coefficient (Wildman–Crippen LogP) is 1.52. The summed E-state index contributed by atoms with van der Waals surface area (Å²) >= 11 is 0. The van der Waals surface area contributed by atoms with Gasteiger partial charge < -0.3 is 14.5 Å². The molecule has 2 saturated carbocycles. The van der Waals surface area contributed by atoms with E-state index in [0.29, 0.717) is 31.0 Å². The normalized spacial score (nSPS) is 34.9. The van der Waals surface area contributed by atoms with Gasteiger partial charge in [0.25, 0.3) is 0 Å². The molecule has 2 saturated heterocycles. The van der Waals surface area contributed by atoms with Gasteiger partial charge in [-0.05, 0) is 43.9 Å². The Morgan fingerprint density at radius 3 is 2.09 bits per heavy atom. The predicted molar refractivity (Wildman–Crippen MR) is 85.6 cm³/mol. The number of ether oxygens (including phenoxy) is 1. The van der Waals surface area contributed by atoms with Crippen LogP contribution in [0.5, 0.6) is 0 Å². The average Bonchev–Trinajstić information content (AvgIpc) is 3.25. The van der Waals surface area contributed by atoms with Crippen molar-refractivity contribution >= 4 is 11.8 Å². The molecule has 128 valence electrons. The molecule has 0 spiro atoms. The van der Waals surface area contributed by atoms with Crippen molar-refractivity contribution < 1.29 is 14.3 Å². The summed E-state index contributed by atoms with van der Waals surface area (Å²) in [7, 11) is 0. The largest absolute Gasteiger partial charge is 0.378 e. The second kappa shape index (κ2) is 6.42. The van der Waals surface area contributed by atoms with Crippen molar-refractivity contribution in [1.29, 1.82) is 0 Å². The zero-order valence-electron chi connectivity index (χ0n) is 13.9. The molecule has 0 radical (unpaired) electrons. The topological polar surface area (TPSA) is 49.9 Å². The molecule has 4 fully saturated rings. The summed E-state index contributed by atoms with van der Waals surface area (Å²) in [5.74, 6) is 2.53. The van der Waals surface area contributed by atoms with E-state index in [1.165, 1.54) is 19.3 Å². The third kappa shape index (κ3) is 3.00. The van der Waals surface area contributed by atoms with Gasteiger partial charge in [-0.25, -0.2) is 0 Å². The van der Waals surface area contributed by atoms with E-state index in [4.69, 9.17) is 4.74 Å². The summed E-state index contributed by atoms with van der Waals surface area (Å²) in [6.45, 7) is 4.31. The molecule has 0 aromatic carbocycles. The van der Waals surface area contributed by atoms with Gasteiger partial charge in [-0.3, -0.25) is 9.59 Å². The summed E-state index contributed by atoms with van der Waals surface area (Å²) in [5.41, 5.74) is 0. The number of morpholine rings is 1. The Kier molecular flexibility index (Phi) is 4.31. The van der Waals surface area contributed by atoms with E-state index in [-0.39, 0.29) is 11.8 Å². The van der Waals surface area contributed by atoms with Crippen LogP contribution in [0.1, 0.15) is 38.5 Å². The summed E-state index contributed by atoms with van der Waals surface area (Å²) in [6, 6.07) is 0. The zero-order chi connectivity index (χ0) is 15.8. The van der Waals surface area contributed by atoms with Crippen LogP contribution in [0.2, 0.25) is 0 Å². The molecule has 0 N–H and O–H groups in total. The molecule has 5 nitrogen and oxygen atoms in total. The Balaban J connectivity index is 1.29. The lowest BCUT2D eigenvalue weighted by Gasteiger charge is -2.37. The Morgan fingerprint density at radius 2 is 1.48 bits per heavy atom. The Labute approximate surface area is 138 Å². The van der Waals surface area contributed by atoms with Gasteiger partial charge in [0.1, 0.15) is 0 Å².